The number of urea groups is 1. The number of allylic oxidation sites excluding steroid dienone is 1. The van der Waals surface area contributed by atoms with Crippen LogP contribution in [-0.4, -0.2) is 17.8 Å². The summed E-state index contributed by atoms with van der Waals surface area (Å²) in [6, 6.07) is -0.707. The summed E-state index contributed by atoms with van der Waals surface area (Å²) < 4.78 is 0. The van der Waals surface area contributed by atoms with Gasteiger partial charge in [0.05, 0.1) is 0 Å². The van der Waals surface area contributed by atoms with Gasteiger partial charge >= 0.3 is 6.03 Å². The molecule has 110 valence electrons. The molecule has 1 saturated heterocycles. The van der Waals surface area contributed by atoms with E-state index in [9.17, 15) is 14.4 Å². The maximum atomic E-state index is 12.4. The number of rotatable bonds is 4. The van der Waals surface area contributed by atoms with Crippen LogP contribution in [0.2, 0.25) is 0 Å². The van der Waals surface area contributed by atoms with Crippen LogP contribution < -0.4 is 10.6 Å². The number of unbranched alkanes of at least 4 members (excludes halogenated alkanes) is 1. The third-order valence-corrected chi connectivity index (χ3v) is 4.22. The molecule has 0 bridgehead atoms. The molecule has 0 radical (unpaired) electrons. The molecule has 2 rings (SSSR count). The second kappa shape index (κ2) is 6.20. The van der Waals surface area contributed by atoms with E-state index in [1.165, 1.54) is 0 Å². The van der Waals surface area contributed by atoms with Crippen molar-refractivity contribution >= 4 is 17.8 Å². The third-order valence-electron chi connectivity index (χ3n) is 4.22. The van der Waals surface area contributed by atoms with Crippen molar-refractivity contribution in [3.05, 3.63) is 11.6 Å². The van der Waals surface area contributed by atoms with Crippen LogP contribution in [-0.2, 0) is 9.59 Å². The molecular weight excluding hydrogens is 256 g/mol. The average Bonchev–Trinajstić information content (AvgIpc) is 2.67. The van der Waals surface area contributed by atoms with Gasteiger partial charge in [-0.25, -0.2) is 4.79 Å². The topological polar surface area (TPSA) is 75.3 Å². The van der Waals surface area contributed by atoms with Crippen molar-refractivity contribution in [1.82, 2.24) is 10.6 Å². The van der Waals surface area contributed by atoms with Crippen molar-refractivity contribution in [2.45, 2.75) is 58.3 Å². The monoisotopic (exact) mass is 278 g/mol. The number of carbonyl (C=O) groups is 3. The normalized spacial score (nSPS) is 22.6. The Bertz CT molecular complexity index is 434. The summed E-state index contributed by atoms with van der Waals surface area (Å²) in [5, 5.41) is 4.55. The number of amides is 4. The highest BCUT2D eigenvalue weighted by Gasteiger charge is 2.51. The smallest absolute Gasteiger partial charge is 0.277 e. The van der Waals surface area contributed by atoms with Crippen molar-refractivity contribution in [3.8, 4) is 0 Å². The van der Waals surface area contributed by atoms with E-state index < -0.39 is 23.3 Å². The first-order valence-corrected chi connectivity index (χ1v) is 7.47. The molecule has 2 aliphatic rings. The Morgan fingerprint density at radius 2 is 1.80 bits per heavy atom. The van der Waals surface area contributed by atoms with Crippen LogP contribution >= 0.6 is 0 Å². The Morgan fingerprint density at radius 1 is 1.10 bits per heavy atom. The molecule has 0 saturated carbocycles. The molecule has 0 aromatic heterocycles. The van der Waals surface area contributed by atoms with Crippen molar-refractivity contribution in [2.24, 2.45) is 5.41 Å². The van der Waals surface area contributed by atoms with Gasteiger partial charge in [-0.05, 0) is 37.7 Å². The number of hydrogen-bond acceptors (Lipinski definition) is 3. The summed E-state index contributed by atoms with van der Waals surface area (Å²) in [7, 11) is 0. The number of nitrogens with one attached hydrogen (secondary N) is 2. The van der Waals surface area contributed by atoms with Crippen LogP contribution in [0, 0.1) is 5.41 Å². The molecule has 1 aliphatic heterocycles. The van der Waals surface area contributed by atoms with Gasteiger partial charge in [-0.3, -0.25) is 20.2 Å². The van der Waals surface area contributed by atoms with E-state index in [1.807, 2.05) is 13.0 Å². The fourth-order valence-electron chi connectivity index (χ4n) is 3.08. The second-order valence-corrected chi connectivity index (χ2v) is 5.57. The highest BCUT2D eigenvalue weighted by atomic mass is 16.2. The molecule has 1 heterocycles. The molecule has 1 aliphatic carbocycles. The van der Waals surface area contributed by atoms with Gasteiger partial charge in [0.25, 0.3) is 0 Å². The van der Waals surface area contributed by atoms with Crippen LogP contribution in [0.15, 0.2) is 11.6 Å². The second-order valence-electron chi connectivity index (χ2n) is 5.57. The standard InChI is InChI=1S/C15H22N2O3/c1-2-3-10-15(11-8-6-4-5-7-9-11)12(18)16-14(20)17-13(15)19/h8H,2-7,9-10H2,1H3,(H2,16,17,18,19,20). The molecule has 0 spiro atoms. The predicted octanol–water partition coefficient (Wildman–Crippen LogP) is 2.42. The van der Waals surface area contributed by atoms with E-state index in [1.54, 1.807) is 0 Å². The fraction of sp³-hybridized carbons (Fsp3) is 0.667. The lowest BCUT2D eigenvalue weighted by molar-refractivity contribution is -0.142. The zero-order valence-corrected chi connectivity index (χ0v) is 12.0. The van der Waals surface area contributed by atoms with E-state index in [0.717, 1.165) is 50.5 Å². The van der Waals surface area contributed by atoms with Crippen LogP contribution in [0.25, 0.3) is 0 Å². The average molecular weight is 278 g/mol. The molecule has 4 amide bonds. The first kappa shape index (κ1) is 14.8. The van der Waals surface area contributed by atoms with E-state index in [0.29, 0.717) is 6.42 Å². The largest absolute Gasteiger partial charge is 0.328 e. The zero-order valence-electron chi connectivity index (χ0n) is 12.0. The first-order chi connectivity index (χ1) is 9.61. The maximum absolute atomic E-state index is 12.4. The molecular formula is C15H22N2O3. The molecule has 20 heavy (non-hydrogen) atoms. The summed E-state index contributed by atoms with van der Waals surface area (Å²) in [4.78, 5) is 36.2. The molecule has 5 heteroatoms. The molecule has 0 aromatic rings. The van der Waals surface area contributed by atoms with E-state index in [-0.39, 0.29) is 0 Å². The van der Waals surface area contributed by atoms with Crippen molar-refractivity contribution in [1.29, 1.82) is 0 Å². The van der Waals surface area contributed by atoms with Crippen LogP contribution in [0.4, 0.5) is 4.79 Å². The number of hydrogen-bond donors (Lipinski definition) is 2. The maximum Gasteiger partial charge on any atom is 0.328 e. The molecule has 5 nitrogen and oxygen atoms in total. The van der Waals surface area contributed by atoms with Crippen molar-refractivity contribution in [2.75, 3.05) is 0 Å². The van der Waals surface area contributed by atoms with Gasteiger partial charge in [-0.2, -0.15) is 0 Å². The number of barbiturate groups is 1. The Hall–Kier alpha value is -1.65. The fourth-order valence-corrected chi connectivity index (χ4v) is 3.08. The van der Waals surface area contributed by atoms with Gasteiger partial charge in [0.1, 0.15) is 5.41 Å². The quantitative estimate of drug-likeness (QED) is 0.612. The molecule has 0 unspecified atom stereocenters. The molecule has 0 atom stereocenters. The number of carbonyl (C=O) groups excluding carboxylic acids is 3. The van der Waals surface area contributed by atoms with Crippen LogP contribution in [0.5, 0.6) is 0 Å². The van der Waals surface area contributed by atoms with E-state index >= 15 is 0 Å². The number of imide groups is 2. The van der Waals surface area contributed by atoms with E-state index in [2.05, 4.69) is 10.6 Å². The Labute approximate surface area is 119 Å². The third kappa shape index (κ3) is 2.62. The van der Waals surface area contributed by atoms with Crippen LogP contribution in [0.1, 0.15) is 58.3 Å². The Kier molecular flexibility index (Phi) is 4.57. The minimum Gasteiger partial charge on any atom is -0.277 e. The Balaban J connectivity index is 2.38. The highest BCUT2D eigenvalue weighted by molar-refractivity contribution is 6.21. The summed E-state index contributed by atoms with van der Waals surface area (Å²) in [5.74, 6) is -0.902. The lowest BCUT2D eigenvalue weighted by Gasteiger charge is -2.36. The van der Waals surface area contributed by atoms with Crippen molar-refractivity contribution in [3.63, 3.8) is 0 Å². The summed E-state index contributed by atoms with van der Waals surface area (Å²) in [6.45, 7) is 2.03. The minimum atomic E-state index is -1.17. The van der Waals surface area contributed by atoms with Gasteiger partial charge in [0, 0.05) is 0 Å². The SMILES string of the molecule is CCCCC1(C2=CCCCCC2)C(=O)NC(=O)NC1=O. The van der Waals surface area contributed by atoms with Gasteiger partial charge < -0.3 is 0 Å². The lowest BCUT2D eigenvalue weighted by Crippen LogP contribution is -2.63. The molecule has 2 N–H and O–H groups in total. The van der Waals surface area contributed by atoms with Gasteiger partial charge in [0.15, 0.2) is 0 Å². The molecule has 0 aromatic carbocycles. The summed E-state index contributed by atoms with van der Waals surface area (Å²) in [6.07, 6.45) is 9.07. The van der Waals surface area contributed by atoms with E-state index in [4.69, 9.17) is 0 Å². The zero-order chi connectivity index (χ0) is 14.6. The lowest BCUT2D eigenvalue weighted by atomic mass is 9.71. The predicted molar refractivity (Wildman–Crippen MR) is 74.8 cm³/mol. The van der Waals surface area contributed by atoms with Gasteiger partial charge in [-0.15, -0.1) is 0 Å². The van der Waals surface area contributed by atoms with Crippen molar-refractivity contribution < 1.29 is 14.4 Å². The van der Waals surface area contributed by atoms with Gasteiger partial charge in [-0.1, -0.05) is 32.3 Å². The Morgan fingerprint density at radius 3 is 2.45 bits per heavy atom. The molecule has 1 fully saturated rings. The summed E-state index contributed by atoms with van der Waals surface area (Å²) in [5.41, 5.74) is -0.278. The summed E-state index contributed by atoms with van der Waals surface area (Å²) >= 11 is 0. The highest BCUT2D eigenvalue weighted by Crippen LogP contribution is 2.40. The first-order valence-electron chi connectivity index (χ1n) is 7.47. The minimum absolute atomic E-state index is 0.451. The van der Waals surface area contributed by atoms with Gasteiger partial charge in [0.2, 0.25) is 11.8 Å². The van der Waals surface area contributed by atoms with Crippen LogP contribution in [0.3, 0.4) is 0 Å².